The summed E-state index contributed by atoms with van der Waals surface area (Å²) in [6.45, 7) is 3.15. The van der Waals surface area contributed by atoms with Crippen molar-refractivity contribution in [3.63, 3.8) is 0 Å². The zero-order valence-electron chi connectivity index (χ0n) is 9.83. The van der Waals surface area contributed by atoms with Crippen molar-refractivity contribution in [2.24, 2.45) is 11.7 Å². The lowest BCUT2D eigenvalue weighted by molar-refractivity contribution is 0.356. The number of ether oxygens (including phenoxy) is 1. The minimum atomic E-state index is 0.315. The van der Waals surface area contributed by atoms with Crippen molar-refractivity contribution in [3.8, 4) is 5.75 Å². The molecule has 3 rings (SSSR count). The molecule has 1 aliphatic carbocycles. The average molecular weight is 217 g/mol. The lowest BCUT2D eigenvalue weighted by Crippen LogP contribution is -2.23. The van der Waals surface area contributed by atoms with Gasteiger partial charge in [-0.1, -0.05) is 13.0 Å². The van der Waals surface area contributed by atoms with Gasteiger partial charge in [-0.2, -0.15) is 0 Å². The summed E-state index contributed by atoms with van der Waals surface area (Å²) in [5.41, 5.74) is 10.5. The molecule has 2 nitrogen and oxygen atoms in total. The summed E-state index contributed by atoms with van der Waals surface area (Å²) >= 11 is 0. The molecular weight excluding hydrogens is 198 g/mol. The molecule has 1 aliphatic heterocycles. The Hall–Kier alpha value is -1.02. The first-order valence-corrected chi connectivity index (χ1v) is 6.25. The Morgan fingerprint density at radius 3 is 2.88 bits per heavy atom. The minimum Gasteiger partial charge on any atom is -0.493 e. The van der Waals surface area contributed by atoms with E-state index in [1.807, 2.05) is 0 Å². The van der Waals surface area contributed by atoms with Crippen LogP contribution in [0.2, 0.25) is 0 Å². The van der Waals surface area contributed by atoms with Crippen molar-refractivity contribution in [1.29, 1.82) is 0 Å². The zero-order valence-corrected chi connectivity index (χ0v) is 9.83. The van der Waals surface area contributed by atoms with Gasteiger partial charge in [0.2, 0.25) is 0 Å². The lowest BCUT2D eigenvalue weighted by Gasteiger charge is -2.10. The Labute approximate surface area is 96.8 Å². The monoisotopic (exact) mass is 217 g/mol. The first-order valence-electron chi connectivity index (χ1n) is 6.25. The third-order valence-electron chi connectivity index (χ3n) is 3.77. The second-order valence-corrected chi connectivity index (χ2v) is 5.34. The molecule has 2 heteroatoms. The Morgan fingerprint density at radius 2 is 2.00 bits per heavy atom. The van der Waals surface area contributed by atoms with Crippen molar-refractivity contribution in [1.82, 2.24) is 0 Å². The molecule has 2 atom stereocenters. The summed E-state index contributed by atoms with van der Waals surface area (Å²) in [5.74, 6) is 1.80. The largest absolute Gasteiger partial charge is 0.493 e. The van der Waals surface area contributed by atoms with Gasteiger partial charge in [0, 0.05) is 12.5 Å². The zero-order chi connectivity index (χ0) is 11.1. The number of hydrogen-bond donors (Lipinski definition) is 1. The highest BCUT2D eigenvalue weighted by Crippen LogP contribution is 2.33. The summed E-state index contributed by atoms with van der Waals surface area (Å²) in [6.07, 6.45) is 4.40. The molecule has 1 heterocycles. The van der Waals surface area contributed by atoms with Crippen molar-refractivity contribution in [2.45, 2.75) is 38.6 Å². The topological polar surface area (TPSA) is 35.2 Å². The van der Waals surface area contributed by atoms with Crippen LogP contribution in [0.3, 0.4) is 0 Å². The predicted octanol–water partition coefficient (Wildman–Crippen LogP) is 2.07. The van der Waals surface area contributed by atoms with Crippen molar-refractivity contribution < 1.29 is 4.74 Å². The third kappa shape index (κ3) is 1.71. The average Bonchev–Trinajstić information content (AvgIpc) is 2.58. The highest BCUT2D eigenvalue weighted by molar-refractivity contribution is 5.45. The highest BCUT2D eigenvalue weighted by atomic mass is 16.5. The van der Waals surface area contributed by atoms with E-state index in [-0.39, 0.29) is 0 Å². The quantitative estimate of drug-likeness (QED) is 0.675. The normalized spacial score (nSPS) is 27.9. The van der Waals surface area contributed by atoms with Gasteiger partial charge in [-0.3, -0.25) is 0 Å². The standard InChI is InChI=1S/C14H19NO/c1-9-4-11-6-10-2-3-16-14(10)8-12(11)7-13(15)5-9/h6,8-9,13H,2-5,7,15H2,1H3. The van der Waals surface area contributed by atoms with Gasteiger partial charge in [0.1, 0.15) is 5.75 Å². The van der Waals surface area contributed by atoms with Crippen LogP contribution in [0.4, 0.5) is 0 Å². The molecule has 16 heavy (non-hydrogen) atoms. The van der Waals surface area contributed by atoms with E-state index < -0.39 is 0 Å². The molecule has 0 amide bonds. The summed E-state index contributed by atoms with van der Waals surface area (Å²) in [7, 11) is 0. The van der Waals surface area contributed by atoms with Gasteiger partial charge in [0.15, 0.2) is 0 Å². The van der Waals surface area contributed by atoms with Crippen LogP contribution < -0.4 is 10.5 Å². The van der Waals surface area contributed by atoms with Gasteiger partial charge in [0.05, 0.1) is 6.61 Å². The fraction of sp³-hybridized carbons (Fsp3) is 0.571. The third-order valence-corrected chi connectivity index (χ3v) is 3.77. The number of nitrogens with two attached hydrogens (primary N) is 1. The number of hydrogen-bond acceptors (Lipinski definition) is 2. The van der Waals surface area contributed by atoms with E-state index in [0.29, 0.717) is 12.0 Å². The molecule has 0 fully saturated rings. The van der Waals surface area contributed by atoms with Crippen molar-refractivity contribution >= 4 is 0 Å². The van der Waals surface area contributed by atoms with Gasteiger partial charge in [-0.25, -0.2) is 0 Å². The number of fused-ring (bicyclic) bond motifs is 2. The van der Waals surface area contributed by atoms with Gasteiger partial charge in [-0.05, 0) is 47.9 Å². The van der Waals surface area contributed by atoms with E-state index in [1.165, 1.54) is 23.1 Å². The highest BCUT2D eigenvalue weighted by Gasteiger charge is 2.22. The maximum absolute atomic E-state index is 6.14. The Balaban J connectivity index is 2.03. The molecule has 0 saturated carbocycles. The number of rotatable bonds is 0. The van der Waals surface area contributed by atoms with Crippen molar-refractivity contribution in [2.75, 3.05) is 6.61 Å². The molecule has 1 aromatic carbocycles. The van der Waals surface area contributed by atoms with Crippen LogP contribution in [-0.2, 0) is 19.3 Å². The first kappa shape index (κ1) is 10.2. The van der Waals surface area contributed by atoms with Gasteiger partial charge in [0.25, 0.3) is 0 Å². The molecule has 86 valence electrons. The van der Waals surface area contributed by atoms with Gasteiger partial charge < -0.3 is 10.5 Å². The SMILES string of the molecule is CC1Cc2cc3c(cc2CC(N)C1)OCC3. The van der Waals surface area contributed by atoms with Gasteiger partial charge in [-0.15, -0.1) is 0 Å². The van der Waals surface area contributed by atoms with E-state index in [9.17, 15) is 0 Å². The molecule has 0 saturated heterocycles. The van der Waals surface area contributed by atoms with E-state index in [1.54, 1.807) is 0 Å². The molecule has 2 N–H and O–H groups in total. The predicted molar refractivity (Wildman–Crippen MR) is 64.8 cm³/mol. The number of benzene rings is 1. The maximum Gasteiger partial charge on any atom is 0.122 e. The summed E-state index contributed by atoms with van der Waals surface area (Å²) in [5, 5.41) is 0. The van der Waals surface area contributed by atoms with Crippen LogP contribution in [0.25, 0.3) is 0 Å². The van der Waals surface area contributed by atoms with E-state index in [2.05, 4.69) is 19.1 Å². The molecule has 0 spiro atoms. The summed E-state index contributed by atoms with van der Waals surface area (Å²) < 4.78 is 5.63. The second kappa shape index (κ2) is 3.77. The molecule has 0 radical (unpaired) electrons. The molecule has 1 aromatic rings. The summed E-state index contributed by atoms with van der Waals surface area (Å²) in [6, 6.07) is 4.90. The van der Waals surface area contributed by atoms with Crippen LogP contribution in [0, 0.1) is 5.92 Å². The van der Waals surface area contributed by atoms with Crippen LogP contribution in [0.5, 0.6) is 5.75 Å². The maximum atomic E-state index is 6.14. The molecule has 0 aromatic heterocycles. The fourth-order valence-corrected chi connectivity index (χ4v) is 3.04. The van der Waals surface area contributed by atoms with Crippen molar-refractivity contribution in [3.05, 3.63) is 28.8 Å². The molecule has 2 aliphatic rings. The van der Waals surface area contributed by atoms with Crippen LogP contribution >= 0.6 is 0 Å². The fourth-order valence-electron chi connectivity index (χ4n) is 3.04. The summed E-state index contributed by atoms with van der Waals surface area (Å²) in [4.78, 5) is 0. The molecular formula is C14H19NO. The molecule has 0 bridgehead atoms. The van der Waals surface area contributed by atoms with Gasteiger partial charge >= 0.3 is 0 Å². The first-order chi connectivity index (χ1) is 7.72. The van der Waals surface area contributed by atoms with E-state index in [0.717, 1.165) is 31.6 Å². The van der Waals surface area contributed by atoms with Crippen LogP contribution in [-0.4, -0.2) is 12.6 Å². The smallest absolute Gasteiger partial charge is 0.122 e. The van der Waals surface area contributed by atoms with E-state index in [4.69, 9.17) is 10.5 Å². The van der Waals surface area contributed by atoms with Crippen LogP contribution in [0.1, 0.15) is 30.0 Å². The minimum absolute atomic E-state index is 0.315. The van der Waals surface area contributed by atoms with E-state index >= 15 is 0 Å². The molecule has 2 unspecified atom stereocenters. The van der Waals surface area contributed by atoms with Crippen LogP contribution in [0.15, 0.2) is 12.1 Å². The Bertz CT molecular complexity index is 376. The lowest BCUT2D eigenvalue weighted by atomic mass is 9.96. The Kier molecular flexibility index (Phi) is 2.40. The Morgan fingerprint density at radius 1 is 1.19 bits per heavy atom. The second-order valence-electron chi connectivity index (χ2n) is 5.34.